The van der Waals surface area contributed by atoms with Gasteiger partial charge in [-0.3, -0.25) is 9.69 Å². The van der Waals surface area contributed by atoms with Crippen LogP contribution in [0.1, 0.15) is 19.8 Å². The normalized spacial score (nSPS) is 21.9. The van der Waals surface area contributed by atoms with Crippen LogP contribution in [0.2, 0.25) is 0 Å². The Morgan fingerprint density at radius 3 is 2.70 bits per heavy atom. The number of ether oxygens (including phenoxy) is 1. The Balaban J connectivity index is 1.47. The largest absolute Gasteiger partial charge is 0.379 e. The van der Waals surface area contributed by atoms with E-state index in [1.54, 1.807) is 6.20 Å². The maximum atomic E-state index is 12.7. The molecule has 3 heterocycles. The number of nitrogens with one attached hydrogen (secondary N) is 1. The van der Waals surface area contributed by atoms with Gasteiger partial charge >= 0.3 is 0 Å². The Kier molecular flexibility index (Phi) is 5.40. The number of rotatable bonds is 4. The van der Waals surface area contributed by atoms with E-state index in [-0.39, 0.29) is 11.9 Å². The number of morpholine rings is 1. The van der Waals surface area contributed by atoms with Crippen molar-refractivity contribution in [2.75, 3.05) is 44.7 Å². The predicted octanol–water partition coefficient (Wildman–Crippen LogP) is 0.600. The minimum Gasteiger partial charge on any atom is -0.379 e. The van der Waals surface area contributed by atoms with E-state index in [0.29, 0.717) is 6.04 Å². The molecule has 2 fully saturated rings. The molecule has 0 bridgehead atoms. The molecule has 2 aliphatic rings. The molecule has 23 heavy (non-hydrogen) atoms. The second-order valence-electron chi connectivity index (χ2n) is 6.18. The van der Waals surface area contributed by atoms with Crippen LogP contribution in [0.25, 0.3) is 0 Å². The van der Waals surface area contributed by atoms with Crippen LogP contribution in [0.3, 0.4) is 0 Å². The summed E-state index contributed by atoms with van der Waals surface area (Å²) in [7, 11) is 0. The fourth-order valence-corrected chi connectivity index (χ4v) is 3.22. The van der Waals surface area contributed by atoms with Crippen LogP contribution >= 0.6 is 0 Å². The van der Waals surface area contributed by atoms with E-state index in [2.05, 4.69) is 20.4 Å². The minimum atomic E-state index is -0.0524. The van der Waals surface area contributed by atoms with Gasteiger partial charge in [0.2, 0.25) is 5.91 Å². The highest BCUT2D eigenvalue weighted by Crippen LogP contribution is 2.17. The summed E-state index contributed by atoms with van der Waals surface area (Å²) in [6.45, 7) is 6.74. The molecule has 1 aromatic rings. The third kappa shape index (κ3) is 4.17. The molecule has 1 unspecified atom stereocenters. The van der Waals surface area contributed by atoms with E-state index < -0.39 is 0 Å². The van der Waals surface area contributed by atoms with Gasteiger partial charge in [-0.15, -0.1) is 5.10 Å². The van der Waals surface area contributed by atoms with E-state index in [1.165, 1.54) is 0 Å². The zero-order valence-corrected chi connectivity index (χ0v) is 13.6. The van der Waals surface area contributed by atoms with Crippen molar-refractivity contribution in [1.29, 1.82) is 0 Å². The summed E-state index contributed by atoms with van der Waals surface area (Å²) in [6, 6.07) is 4.10. The first-order valence-corrected chi connectivity index (χ1v) is 8.39. The van der Waals surface area contributed by atoms with Gasteiger partial charge in [0.1, 0.15) is 5.82 Å². The third-order valence-electron chi connectivity index (χ3n) is 4.68. The van der Waals surface area contributed by atoms with Crippen LogP contribution in [-0.4, -0.2) is 77.4 Å². The maximum absolute atomic E-state index is 12.7. The Morgan fingerprint density at radius 1 is 1.30 bits per heavy atom. The molecule has 2 aliphatic heterocycles. The standard InChI is InChI=1S/C16H25N5O2/c1-13(20-9-11-23-12-10-20)16(22)21-7-4-14(5-8-21)18-15-3-2-6-17-19-15/h2-3,6,13-14H,4-5,7-12H2,1H3,(H,18,19). The number of likely N-dealkylation sites (tertiary alicyclic amines) is 1. The number of carbonyl (C=O) groups is 1. The predicted molar refractivity (Wildman–Crippen MR) is 87.1 cm³/mol. The summed E-state index contributed by atoms with van der Waals surface area (Å²) in [5, 5.41) is 11.3. The Bertz CT molecular complexity index is 498. The number of aromatic nitrogens is 2. The zero-order valence-electron chi connectivity index (χ0n) is 13.6. The molecule has 1 N–H and O–H groups in total. The molecule has 7 heteroatoms. The second kappa shape index (κ2) is 7.70. The van der Waals surface area contributed by atoms with Crippen LogP contribution in [0.15, 0.2) is 18.3 Å². The fraction of sp³-hybridized carbons (Fsp3) is 0.688. The first-order valence-electron chi connectivity index (χ1n) is 8.39. The van der Waals surface area contributed by atoms with Crippen LogP contribution in [0.5, 0.6) is 0 Å². The molecular weight excluding hydrogens is 294 g/mol. The minimum absolute atomic E-state index is 0.0524. The fourth-order valence-electron chi connectivity index (χ4n) is 3.22. The molecule has 1 aromatic heterocycles. The lowest BCUT2D eigenvalue weighted by molar-refractivity contribution is -0.139. The van der Waals surface area contributed by atoms with Crippen molar-refractivity contribution < 1.29 is 9.53 Å². The number of carbonyl (C=O) groups excluding carboxylic acids is 1. The average molecular weight is 319 g/mol. The van der Waals surface area contributed by atoms with Gasteiger partial charge in [0, 0.05) is 38.4 Å². The van der Waals surface area contributed by atoms with Crippen molar-refractivity contribution in [3.8, 4) is 0 Å². The van der Waals surface area contributed by atoms with E-state index in [4.69, 9.17) is 4.74 Å². The molecule has 0 radical (unpaired) electrons. The molecule has 0 aliphatic carbocycles. The summed E-state index contributed by atoms with van der Waals surface area (Å²) >= 11 is 0. The van der Waals surface area contributed by atoms with Gasteiger partial charge in [-0.2, -0.15) is 5.10 Å². The molecule has 7 nitrogen and oxygen atoms in total. The maximum Gasteiger partial charge on any atom is 0.239 e. The Morgan fingerprint density at radius 2 is 2.04 bits per heavy atom. The summed E-state index contributed by atoms with van der Waals surface area (Å²) in [6.07, 6.45) is 3.55. The third-order valence-corrected chi connectivity index (χ3v) is 4.68. The number of piperidine rings is 1. The second-order valence-corrected chi connectivity index (χ2v) is 6.18. The molecule has 0 aromatic carbocycles. The highest BCUT2D eigenvalue weighted by atomic mass is 16.5. The number of hydrogen-bond donors (Lipinski definition) is 1. The molecule has 3 rings (SSSR count). The molecule has 0 saturated carbocycles. The summed E-state index contributed by atoms with van der Waals surface area (Å²) in [5.41, 5.74) is 0. The van der Waals surface area contributed by atoms with Crippen molar-refractivity contribution in [1.82, 2.24) is 20.0 Å². The first kappa shape index (κ1) is 16.1. The van der Waals surface area contributed by atoms with E-state index in [0.717, 1.165) is 58.1 Å². The molecule has 0 spiro atoms. The van der Waals surface area contributed by atoms with Gasteiger partial charge in [-0.25, -0.2) is 0 Å². The van der Waals surface area contributed by atoms with Crippen molar-refractivity contribution in [3.63, 3.8) is 0 Å². The van der Waals surface area contributed by atoms with Crippen molar-refractivity contribution in [3.05, 3.63) is 18.3 Å². The van der Waals surface area contributed by atoms with E-state index in [9.17, 15) is 4.79 Å². The number of hydrogen-bond acceptors (Lipinski definition) is 6. The average Bonchev–Trinajstić information content (AvgIpc) is 2.63. The molecule has 126 valence electrons. The first-order chi connectivity index (χ1) is 11.2. The highest BCUT2D eigenvalue weighted by molar-refractivity contribution is 5.81. The van der Waals surface area contributed by atoms with Gasteiger partial charge in [0.05, 0.1) is 19.3 Å². The van der Waals surface area contributed by atoms with Crippen LogP contribution in [-0.2, 0) is 9.53 Å². The summed E-state index contributed by atoms with van der Waals surface area (Å²) < 4.78 is 5.36. The van der Waals surface area contributed by atoms with Gasteiger partial charge < -0.3 is 15.0 Å². The molecular formula is C16H25N5O2. The number of amides is 1. The van der Waals surface area contributed by atoms with E-state index in [1.807, 2.05) is 24.0 Å². The lowest BCUT2D eigenvalue weighted by atomic mass is 10.0. The van der Waals surface area contributed by atoms with Crippen molar-refractivity contribution >= 4 is 11.7 Å². The van der Waals surface area contributed by atoms with Crippen LogP contribution < -0.4 is 5.32 Å². The highest BCUT2D eigenvalue weighted by Gasteiger charge is 2.29. The van der Waals surface area contributed by atoms with Gasteiger partial charge in [0.15, 0.2) is 0 Å². The van der Waals surface area contributed by atoms with Crippen molar-refractivity contribution in [2.45, 2.75) is 31.8 Å². The SMILES string of the molecule is CC(C(=O)N1CCC(Nc2cccnn2)CC1)N1CCOCC1. The zero-order chi connectivity index (χ0) is 16.1. The van der Waals surface area contributed by atoms with Gasteiger partial charge in [0.25, 0.3) is 0 Å². The van der Waals surface area contributed by atoms with Crippen molar-refractivity contribution in [2.24, 2.45) is 0 Å². The lowest BCUT2D eigenvalue weighted by Gasteiger charge is -2.38. The summed E-state index contributed by atoms with van der Waals surface area (Å²) in [4.78, 5) is 16.9. The quantitative estimate of drug-likeness (QED) is 0.876. The van der Waals surface area contributed by atoms with Crippen LogP contribution in [0.4, 0.5) is 5.82 Å². The molecule has 1 amide bonds. The van der Waals surface area contributed by atoms with E-state index >= 15 is 0 Å². The lowest BCUT2D eigenvalue weighted by Crippen LogP contribution is -2.53. The molecule has 1 atom stereocenters. The number of nitrogens with zero attached hydrogens (tertiary/aromatic N) is 4. The Hall–Kier alpha value is -1.73. The van der Waals surface area contributed by atoms with Crippen LogP contribution in [0, 0.1) is 0 Å². The smallest absolute Gasteiger partial charge is 0.239 e. The monoisotopic (exact) mass is 319 g/mol. The molecule has 2 saturated heterocycles. The van der Waals surface area contributed by atoms with Gasteiger partial charge in [-0.05, 0) is 31.9 Å². The summed E-state index contributed by atoms with van der Waals surface area (Å²) in [5.74, 6) is 1.05. The topological polar surface area (TPSA) is 70.6 Å². The Labute approximate surface area is 137 Å². The van der Waals surface area contributed by atoms with Gasteiger partial charge in [-0.1, -0.05) is 0 Å². The number of anilines is 1.